The third kappa shape index (κ3) is 3.40. The maximum atomic E-state index is 11.8. The highest BCUT2D eigenvalue weighted by Gasteiger charge is 2.16. The zero-order valence-electron chi connectivity index (χ0n) is 14.3. The van der Waals surface area contributed by atoms with Crippen LogP contribution in [0, 0.1) is 0 Å². The van der Waals surface area contributed by atoms with E-state index in [4.69, 9.17) is 4.74 Å². The first kappa shape index (κ1) is 16.1. The molecule has 5 nitrogen and oxygen atoms in total. The first-order valence-electron chi connectivity index (χ1n) is 7.83. The molecule has 0 spiro atoms. The second kappa shape index (κ2) is 6.00. The van der Waals surface area contributed by atoms with Crippen LogP contribution in [0.1, 0.15) is 20.8 Å². The van der Waals surface area contributed by atoms with Crippen LogP contribution in [0.3, 0.4) is 0 Å². The molecule has 0 unspecified atom stereocenters. The Morgan fingerprint density at radius 2 is 1.88 bits per heavy atom. The van der Waals surface area contributed by atoms with Gasteiger partial charge in [0.15, 0.2) is 0 Å². The lowest BCUT2D eigenvalue weighted by molar-refractivity contribution is 0.0636. The van der Waals surface area contributed by atoms with E-state index >= 15 is 0 Å². The number of carbonyl (C=O) groups is 1. The Morgan fingerprint density at radius 3 is 2.54 bits per heavy atom. The van der Waals surface area contributed by atoms with Crippen molar-refractivity contribution >= 4 is 22.7 Å². The monoisotopic (exact) mass is 323 g/mol. The van der Waals surface area contributed by atoms with Crippen LogP contribution in [0.5, 0.6) is 0 Å². The fraction of sp³-hybridized carbons (Fsp3) is 0.263. The molecule has 1 amide bonds. The van der Waals surface area contributed by atoms with Gasteiger partial charge in [-0.15, -0.1) is 0 Å². The zero-order valence-corrected chi connectivity index (χ0v) is 14.3. The molecule has 1 aromatic carbocycles. The smallest absolute Gasteiger partial charge is 0.412 e. The number of carbonyl (C=O) groups excluding carboxylic acids is 1. The first-order valence-corrected chi connectivity index (χ1v) is 7.83. The highest BCUT2D eigenvalue weighted by atomic mass is 16.6. The van der Waals surface area contributed by atoms with Gasteiger partial charge < -0.3 is 9.30 Å². The molecular weight excluding hydrogens is 302 g/mol. The number of rotatable bonds is 2. The lowest BCUT2D eigenvalue weighted by Crippen LogP contribution is -2.27. The van der Waals surface area contributed by atoms with Crippen LogP contribution >= 0.6 is 0 Å². The minimum Gasteiger partial charge on any atom is -0.444 e. The van der Waals surface area contributed by atoms with Crippen molar-refractivity contribution < 1.29 is 9.53 Å². The van der Waals surface area contributed by atoms with Gasteiger partial charge in [-0.05, 0) is 44.5 Å². The summed E-state index contributed by atoms with van der Waals surface area (Å²) in [7, 11) is 2.01. The number of aromatic nitrogens is 2. The summed E-state index contributed by atoms with van der Waals surface area (Å²) < 4.78 is 7.32. The summed E-state index contributed by atoms with van der Waals surface area (Å²) in [4.78, 5) is 16.0. The third-order valence-electron chi connectivity index (χ3n) is 3.63. The van der Waals surface area contributed by atoms with Crippen LogP contribution in [0.2, 0.25) is 0 Å². The Bertz CT molecular complexity index is 874. The Hall–Kier alpha value is -2.82. The molecule has 0 aliphatic carbocycles. The number of amides is 1. The maximum Gasteiger partial charge on any atom is 0.412 e. The normalized spacial score (nSPS) is 11.5. The lowest BCUT2D eigenvalue weighted by atomic mass is 10.1. The molecule has 0 aliphatic heterocycles. The van der Waals surface area contributed by atoms with Gasteiger partial charge in [0.05, 0.1) is 11.7 Å². The number of aryl methyl sites for hydroxylation is 1. The minimum atomic E-state index is -0.513. The molecule has 0 radical (unpaired) electrons. The number of nitrogens with one attached hydrogen (secondary N) is 1. The van der Waals surface area contributed by atoms with Crippen molar-refractivity contribution in [1.29, 1.82) is 0 Å². The second-order valence-electron chi connectivity index (χ2n) is 6.75. The van der Waals surface area contributed by atoms with E-state index < -0.39 is 11.7 Å². The van der Waals surface area contributed by atoms with Crippen molar-refractivity contribution in [1.82, 2.24) is 9.55 Å². The standard InChI is InChI=1S/C19H21N3O2/c1-19(2,3)24-18(23)21-14-7-5-13(6-8-14)16-12-22(4)17-11-20-10-9-15(16)17/h5-12H,1-4H3,(H,21,23). The number of fused-ring (bicyclic) bond motifs is 1. The molecule has 124 valence electrons. The van der Waals surface area contributed by atoms with Crippen LogP contribution < -0.4 is 5.32 Å². The molecule has 0 bridgehead atoms. The number of hydrogen-bond donors (Lipinski definition) is 1. The third-order valence-corrected chi connectivity index (χ3v) is 3.63. The highest BCUT2D eigenvalue weighted by Crippen LogP contribution is 2.30. The molecule has 0 fully saturated rings. The topological polar surface area (TPSA) is 56.2 Å². The van der Waals surface area contributed by atoms with Gasteiger partial charge in [-0.25, -0.2) is 4.79 Å². The number of ether oxygens (including phenoxy) is 1. The van der Waals surface area contributed by atoms with Crippen molar-refractivity contribution in [3.8, 4) is 11.1 Å². The number of anilines is 1. The fourth-order valence-corrected chi connectivity index (χ4v) is 2.61. The van der Waals surface area contributed by atoms with Gasteiger partial charge in [0.25, 0.3) is 0 Å². The summed E-state index contributed by atoms with van der Waals surface area (Å²) in [5, 5.41) is 3.90. The largest absolute Gasteiger partial charge is 0.444 e. The van der Waals surface area contributed by atoms with Gasteiger partial charge in [-0.2, -0.15) is 0 Å². The van der Waals surface area contributed by atoms with Crippen LogP contribution in [-0.4, -0.2) is 21.2 Å². The van der Waals surface area contributed by atoms with Gasteiger partial charge in [0, 0.05) is 36.1 Å². The second-order valence-corrected chi connectivity index (χ2v) is 6.75. The van der Waals surface area contributed by atoms with E-state index in [0.717, 1.165) is 22.0 Å². The van der Waals surface area contributed by atoms with Gasteiger partial charge in [-0.1, -0.05) is 12.1 Å². The maximum absolute atomic E-state index is 11.8. The number of hydrogen-bond acceptors (Lipinski definition) is 3. The number of nitrogens with zero attached hydrogens (tertiary/aromatic N) is 2. The number of pyridine rings is 1. The molecule has 1 N–H and O–H groups in total. The molecule has 2 aromatic heterocycles. The fourth-order valence-electron chi connectivity index (χ4n) is 2.61. The summed E-state index contributed by atoms with van der Waals surface area (Å²) >= 11 is 0. The van der Waals surface area contributed by atoms with E-state index in [-0.39, 0.29) is 0 Å². The van der Waals surface area contributed by atoms with E-state index in [1.807, 2.05) is 64.3 Å². The molecule has 3 rings (SSSR count). The Labute approximate surface area is 141 Å². The van der Waals surface area contributed by atoms with E-state index in [2.05, 4.69) is 21.1 Å². The average Bonchev–Trinajstić information content (AvgIpc) is 2.84. The van der Waals surface area contributed by atoms with E-state index in [1.54, 1.807) is 6.20 Å². The first-order chi connectivity index (χ1) is 11.3. The van der Waals surface area contributed by atoms with Gasteiger partial charge in [-0.3, -0.25) is 10.3 Å². The quantitative estimate of drug-likeness (QED) is 0.750. The van der Waals surface area contributed by atoms with Crippen molar-refractivity contribution in [3.63, 3.8) is 0 Å². The predicted molar refractivity (Wildman–Crippen MR) is 96.0 cm³/mol. The number of benzene rings is 1. The molecule has 0 saturated carbocycles. The van der Waals surface area contributed by atoms with Gasteiger partial charge in [0.2, 0.25) is 0 Å². The summed E-state index contributed by atoms with van der Waals surface area (Å²) in [6, 6.07) is 9.74. The summed E-state index contributed by atoms with van der Waals surface area (Å²) in [5.74, 6) is 0. The molecule has 5 heteroatoms. The lowest BCUT2D eigenvalue weighted by Gasteiger charge is -2.19. The average molecular weight is 323 g/mol. The Balaban J connectivity index is 1.83. The zero-order chi connectivity index (χ0) is 17.3. The molecular formula is C19H21N3O2. The highest BCUT2D eigenvalue weighted by molar-refractivity contribution is 5.96. The Morgan fingerprint density at radius 1 is 1.17 bits per heavy atom. The predicted octanol–water partition coefficient (Wildman–Crippen LogP) is 4.59. The summed E-state index contributed by atoms with van der Waals surface area (Å²) in [6.07, 6.45) is 5.29. The van der Waals surface area contributed by atoms with Crippen molar-refractivity contribution in [3.05, 3.63) is 48.9 Å². The summed E-state index contributed by atoms with van der Waals surface area (Å²) in [6.45, 7) is 5.52. The van der Waals surface area contributed by atoms with E-state index in [0.29, 0.717) is 5.69 Å². The SMILES string of the molecule is Cn1cc(-c2ccc(NC(=O)OC(C)(C)C)cc2)c2ccncc21. The minimum absolute atomic E-state index is 0.452. The van der Waals surface area contributed by atoms with Crippen LogP contribution in [0.4, 0.5) is 10.5 Å². The van der Waals surface area contributed by atoms with Crippen molar-refractivity contribution in [2.24, 2.45) is 7.05 Å². The molecule has 2 heterocycles. The van der Waals surface area contributed by atoms with Gasteiger partial charge >= 0.3 is 6.09 Å². The van der Waals surface area contributed by atoms with E-state index in [1.165, 1.54) is 0 Å². The van der Waals surface area contributed by atoms with Crippen LogP contribution in [0.15, 0.2) is 48.9 Å². The molecule has 0 aliphatic rings. The van der Waals surface area contributed by atoms with Crippen molar-refractivity contribution in [2.45, 2.75) is 26.4 Å². The van der Waals surface area contributed by atoms with Crippen LogP contribution in [0.25, 0.3) is 22.0 Å². The Kier molecular flexibility index (Phi) is 4.01. The van der Waals surface area contributed by atoms with E-state index in [9.17, 15) is 4.79 Å². The van der Waals surface area contributed by atoms with Crippen LogP contribution in [-0.2, 0) is 11.8 Å². The van der Waals surface area contributed by atoms with Gasteiger partial charge in [0.1, 0.15) is 5.60 Å². The molecule has 24 heavy (non-hydrogen) atoms. The molecule has 0 saturated heterocycles. The van der Waals surface area contributed by atoms with Crippen molar-refractivity contribution in [2.75, 3.05) is 5.32 Å². The molecule has 0 atom stereocenters. The summed E-state index contributed by atoms with van der Waals surface area (Å²) in [5.41, 5.74) is 3.50. The molecule has 3 aromatic rings.